The summed E-state index contributed by atoms with van der Waals surface area (Å²) in [6.07, 6.45) is -0.180. The molecule has 0 saturated carbocycles. The first-order chi connectivity index (χ1) is 12.2. The molecule has 2 aromatic rings. The Kier molecular flexibility index (Phi) is 5.13. The molecule has 1 atom stereocenters. The van der Waals surface area contributed by atoms with Gasteiger partial charge in [-0.05, 0) is 24.3 Å². The molecule has 0 radical (unpaired) electrons. The number of benzene rings is 2. The number of nitrogens with zero attached hydrogens (tertiary/aromatic N) is 1. The molecule has 1 heterocycles. The van der Waals surface area contributed by atoms with Gasteiger partial charge in [0, 0.05) is 11.8 Å². The summed E-state index contributed by atoms with van der Waals surface area (Å²) in [6.45, 7) is 0.824. The van der Waals surface area contributed by atoms with Gasteiger partial charge in [-0.15, -0.1) is 0 Å². The number of nitrogens with two attached hydrogens (primary N) is 1. The predicted molar refractivity (Wildman–Crippen MR) is 96.0 cm³/mol. The van der Waals surface area contributed by atoms with Crippen LogP contribution in [0.4, 0.5) is 5.69 Å². The van der Waals surface area contributed by atoms with E-state index in [0.717, 1.165) is 17.2 Å². The quantitative estimate of drug-likeness (QED) is 0.640. The van der Waals surface area contributed by atoms with Crippen LogP contribution in [0.15, 0.2) is 47.5 Å². The molecule has 3 rings (SSSR count). The van der Waals surface area contributed by atoms with Crippen molar-refractivity contribution in [3.05, 3.63) is 42.5 Å². The van der Waals surface area contributed by atoms with Crippen molar-refractivity contribution in [2.24, 2.45) is 10.7 Å². The van der Waals surface area contributed by atoms with Gasteiger partial charge in [-0.25, -0.2) is 4.99 Å². The lowest BCUT2D eigenvalue weighted by molar-refractivity contribution is 0.0972. The number of hydrogen-bond acceptors (Lipinski definition) is 5. The Morgan fingerprint density at radius 1 is 1.16 bits per heavy atom. The zero-order valence-electron chi connectivity index (χ0n) is 14.2. The van der Waals surface area contributed by atoms with E-state index in [-0.39, 0.29) is 12.1 Å². The molecule has 7 nitrogen and oxygen atoms in total. The molecule has 1 aliphatic rings. The van der Waals surface area contributed by atoms with E-state index in [2.05, 4.69) is 10.3 Å². The van der Waals surface area contributed by atoms with Crippen LogP contribution in [-0.2, 0) is 0 Å². The zero-order chi connectivity index (χ0) is 17.6. The average molecular weight is 343 g/mol. The second-order valence-electron chi connectivity index (χ2n) is 5.42. The van der Waals surface area contributed by atoms with Crippen LogP contribution < -0.4 is 30.0 Å². The van der Waals surface area contributed by atoms with Gasteiger partial charge in [-0.2, -0.15) is 0 Å². The predicted octanol–water partition coefficient (Wildman–Crippen LogP) is 2.27. The van der Waals surface area contributed by atoms with Gasteiger partial charge in [0.15, 0.2) is 35.1 Å². The third kappa shape index (κ3) is 4.06. The van der Waals surface area contributed by atoms with Gasteiger partial charge >= 0.3 is 0 Å². The SMILES string of the molecule is COc1ccc(NC(N)=NCC2COc3ccccc3O2)cc1OC. The molecule has 132 valence electrons. The van der Waals surface area contributed by atoms with E-state index in [1.165, 1.54) is 0 Å². The van der Waals surface area contributed by atoms with Crippen LogP contribution in [0.2, 0.25) is 0 Å². The maximum Gasteiger partial charge on any atom is 0.193 e. The number of rotatable bonds is 5. The Balaban J connectivity index is 1.59. The van der Waals surface area contributed by atoms with Crippen molar-refractivity contribution in [1.29, 1.82) is 0 Å². The summed E-state index contributed by atoms with van der Waals surface area (Å²) in [6, 6.07) is 13.0. The Morgan fingerprint density at radius 3 is 2.68 bits per heavy atom. The summed E-state index contributed by atoms with van der Waals surface area (Å²) in [5.74, 6) is 3.02. The molecule has 0 saturated heterocycles. The molecule has 2 aromatic carbocycles. The largest absolute Gasteiger partial charge is 0.493 e. The third-order valence-electron chi connectivity index (χ3n) is 3.69. The smallest absolute Gasteiger partial charge is 0.193 e. The fourth-order valence-electron chi connectivity index (χ4n) is 2.45. The Morgan fingerprint density at radius 2 is 1.92 bits per heavy atom. The fourth-order valence-corrected chi connectivity index (χ4v) is 2.45. The molecule has 7 heteroatoms. The fraction of sp³-hybridized carbons (Fsp3) is 0.278. The summed E-state index contributed by atoms with van der Waals surface area (Å²) >= 11 is 0. The van der Waals surface area contributed by atoms with Gasteiger partial charge in [0.05, 0.1) is 20.8 Å². The van der Waals surface area contributed by atoms with Crippen LogP contribution in [0.25, 0.3) is 0 Å². The summed E-state index contributed by atoms with van der Waals surface area (Å²) in [4.78, 5) is 4.32. The van der Waals surface area contributed by atoms with Crippen LogP contribution in [0.3, 0.4) is 0 Å². The minimum Gasteiger partial charge on any atom is -0.493 e. The van der Waals surface area contributed by atoms with Gasteiger partial charge in [0.25, 0.3) is 0 Å². The summed E-state index contributed by atoms with van der Waals surface area (Å²) in [7, 11) is 3.17. The highest BCUT2D eigenvalue weighted by atomic mass is 16.6. The normalized spacial score (nSPS) is 16.2. The van der Waals surface area contributed by atoms with Gasteiger partial charge in [0.1, 0.15) is 6.61 Å². The lowest BCUT2D eigenvalue weighted by Gasteiger charge is -2.25. The van der Waals surface area contributed by atoms with Crippen molar-refractivity contribution >= 4 is 11.6 Å². The van der Waals surface area contributed by atoms with E-state index >= 15 is 0 Å². The molecule has 0 spiro atoms. The molecular formula is C18H21N3O4. The number of para-hydroxylation sites is 2. The number of hydrogen-bond donors (Lipinski definition) is 2. The standard InChI is InChI=1S/C18H21N3O4/c1-22-14-8-7-12(9-17(14)23-2)21-18(19)20-10-13-11-24-15-5-3-4-6-16(15)25-13/h3-9,13H,10-11H2,1-2H3,(H3,19,20,21). The maximum atomic E-state index is 5.95. The Bertz CT molecular complexity index is 764. The molecular weight excluding hydrogens is 322 g/mol. The van der Waals surface area contributed by atoms with Crippen LogP contribution >= 0.6 is 0 Å². The number of methoxy groups -OCH3 is 2. The van der Waals surface area contributed by atoms with E-state index in [1.54, 1.807) is 26.4 Å². The van der Waals surface area contributed by atoms with Crippen LogP contribution in [-0.4, -0.2) is 39.4 Å². The average Bonchev–Trinajstić information content (AvgIpc) is 2.66. The topological polar surface area (TPSA) is 87.3 Å². The van der Waals surface area contributed by atoms with Crippen LogP contribution in [0.1, 0.15) is 0 Å². The molecule has 1 unspecified atom stereocenters. The molecule has 0 aromatic heterocycles. The minimum absolute atomic E-state index is 0.180. The number of guanidine groups is 1. The lowest BCUT2D eigenvalue weighted by Crippen LogP contribution is -2.33. The van der Waals surface area contributed by atoms with Gasteiger partial charge in [-0.1, -0.05) is 12.1 Å². The first kappa shape index (κ1) is 16.8. The van der Waals surface area contributed by atoms with E-state index in [1.807, 2.05) is 30.3 Å². The van der Waals surface area contributed by atoms with Gasteiger partial charge < -0.3 is 30.0 Å². The maximum absolute atomic E-state index is 5.95. The first-order valence-corrected chi connectivity index (χ1v) is 7.87. The molecule has 0 bridgehead atoms. The van der Waals surface area contributed by atoms with Crippen molar-refractivity contribution in [1.82, 2.24) is 0 Å². The highest BCUT2D eigenvalue weighted by molar-refractivity contribution is 5.92. The van der Waals surface area contributed by atoms with Crippen molar-refractivity contribution in [3.63, 3.8) is 0 Å². The van der Waals surface area contributed by atoms with E-state index in [9.17, 15) is 0 Å². The number of aliphatic imine (C=N–C) groups is 1. The number of fused-ring (bicyclic) bond motifs is 1. The highest BCUT2D eigenvalue weighted by Crippen LogP contribution is 2.31. The number of anilines is 1. The zero-order valence-corrected chi connectivity index (χ0v) is 14.2. The van der Waals surface area contributed by atoms with Crippen LogP contribution in [0.5, 0.6) is 23.0 Å². The van der Waals surface area contributed by atoms with E-state index < -0.39 is 0 Å². The van der Waals surface area contributed by atoms with Crippen LogP contribution in [0, 0.1) is 0 Å². The molecule has 0 amide bonds. The first-order valence-electron chi connectivity index (χ1n) is 7.87. The number of nitrogens with one attached hydrogen (secondary N) is 1. The monoisotopic (exact) mass is 343 g/mol. The Hall–Kier alpha value is -3.09. The van der Waals surface area contributed by atoms with Crippen molar-refractivity contribution < 1.29 is 18.9 Å². The van der Waals surface area contributed by atoms with E-state index in [4.69, 9.17) is 24.7 Å². The molecule has 1 aliphatic heterocycles. The van der Waals surface area contributed by atoms with Crippen molar-refractivity contribution in [3.8, 4) is 23.0 Å². The van der Waals surface area contributed by atoms with E-state index in [0.29, 0.717) is 24.7 Å². The van der Waals surface area contributed by atoms with Gasteiger partial charge in [0.2, 0.25) is 0 Å². The summed E-state index contributed by atoms with van der Waals surface area (Å²) < 4.78 is 22.0. The van der Waals surface area contributed by atoms with Crippen molar-refractivity contribution in [2.45, 2.75) is 6.10 Å². The molecule has 3 N–H and O–H groups in total. The van der Waals surface area contributed by atoms with Crippen molar-refractivity contribution in [2.75, 3.05) is 32.7 Å². The second kappa shape index (κ2) is 7.65. The van der Waals surface area contributed by atoms with Gasteiger partial charge in [-0.3, -0.25) is 0 Å². The molecule has 0 fully saturated rings. The Labute approximate surface area is 146 Å². The minimum atomic E-state index is -0.180. The lowest BCUT2D eigenvalue weighted by atomic mass is 10.2. The second-order valence-corrected chi connectivity index (χ2v) is 5.42. The highest BCUT2D eigenvalue weighted by Gasteiger charge is 2.20. The molecule has 25 heavy (non-hydrogen) atoms. The third-order valence-corrected chi connectivity index (χ3v) is 3.69. The number of ether oxygens (including phenoxy) is 4. The summed E-state index contributed by atoms with van der Waals surface area (Å²) in [5.41, 5.74) is 6.70. The summed E-state index contributed by atoms with van der Waals surface area (Å²) in [5, 5.41) is 3.02. The molecule has 0 aliphatic carbocycles.